The summed E-state index contributed by atoms with van der Waals surface area (Å²) in [7, 11) is 1.72. The Morgan fingerprint density at radius 1 is 1.19 bits per heavy atom. The fourth-order valence-electron chi connectivity index (χ4n) is 4.37. The number of carbonyl (C=O) groups is 3. The first kappa shape index (κ1) is 22.8. The summed E-state index contributed by atoms with van der Waals surface area (Å²) in [6.45, 7) is 7.98. The van der Waals surface area contributed by atoms with Crippen molar-refractivity contribution in [2.45, 2.75) is 65.8 Å². The van der Waals surface area contributed by atoms with E-state index in [1.54, 1.807) is 18.9 Å². The quantitative estimate of drug-likeness (QED) is 0.691. The molecule has 6 heteroatoms. The number of carbonyl (C=O) groups excluding carboxylic acids is 3. The Bertz CT molecular complexity index is 975. The molecule has 1 aromatic heterocycles. The van der Waals surface area contributed by atoms with Crippen molar-refractivity contribution >= 4 is 23.3 Å². The highest BCUT2D eigenvalue weighted by molar-refractivity contribution is 6.06. The number of ketones is 1. The van der Waals surface area contributed by atoms with Gasteiger partial charge < -0.3 is 15.2 Å². The van der Waals surface area contributed by atoms with Crippen molar-refractivity contribution in [3.05, 3.63) is 52.8 Å². The molecule has 2 N–H and O–H groups in total. The van der Waals surface area contributed by atoms with E-state index in [9.17, 15) is 14.4 Å². The van der Waals surface area contributed by atoms with Crippen LogP contribution in [0.3, 0.4) is 0 Å². The third kappa shape index (κ3) is 4.89. The zero-order chi connectivity index (χ0) is 22.8. The monoisotopic (exact) mass is 423 g/mol. The van der Waals surface area contributed by atoms with Crippen LogP contribution in [0.2, 0.25) is 0 Å². The van der Waals surface area contributed by atoms with Crippen molar-refractivity contribution in [1.29, 1.82) is 0 Å². The van der Waals surface area contributed by atoms with Crippen LogP contribution in [0.1, 0.15) is 78.6 Å². The number of rotatable bonds is 7. The van der Waals surface area contributed by atoms with Crippen molar-refractivity contribution in [3.63, 3.8) is 0 Å². The van der Waals surface area contributed by atoms with Crippen LogP contribution in [-0.2, 0) is 11.2 Å². The number of hydrogen-bond acceptors (Lipinski definition) is 3. The number of fused-ring (bicyclic) bond motifs is 1. The van der Waals surface area contributed by atoms with Crippen molar-refractivity contribution in [3.8, 4) is 0 Å². The van der Waals surface area contributed by atoms with Gasteiger partial charge in [0, 0.05) is 30.4 Å². The number of anilines is 1. The molecule has 0 aliphatic heterocycles. The number of benzene rings is 1. The van der Waals surface area contributed by atoms with Gasteiger partial charge in [0.05, 0.1) is 0 Å². The molecule has 1 aliphatic carbocycles. The third-order valence-electron chi connectivity index (χ3n) is 6.05. The molecule has 1 aromatic carbocycles. The predicted octanol–water partition coefficient (Wildman–Crippen LogP) is 4.43. The number of amides is 2. The van der Waals surface area contributed by atoms with Crippen LogP contribution >= 0.6 is 0 Å². The summed E-state index contributed by atoms with van der Waals surface area (Å²) in [5, 5.41) is 2.93. The van der Waals surface area contributed by atoms with E-state index in [1.165, 1.54) is 0 Å². The van der Waals surface area contributed by atoms with Gasteiger partial charge in [-0.05, 0) is 42.9 Å². The molecule has 1 atom stereocenters. The summed E-state index contributed by atoms with van der Waals surface area (Å²) in [6, 6.07) is 8.76. The van der Waals surface area contributed by atoms with E-state index < -0.39 is 6.04 Å². The van der Waals surface area contributed by atoms with E-state index >= 15 is 0 Å². The van der Waals surface area contributed by atoms with Crippen molar-refractivity contribution < 1.29 is 14.4 Å². The van der Waals surface area contributed by atoms with E-state index in [1.807, 2.05) is 30.3 Å². The second-order valence-electron chi connectivity index (χ2n) is 9.32. The number of likely N-dealkylation sites (N-methyl/N-ethyl adjacent to an activating group) is 1. The lowest BCUT2D eigenvalue weighted by molar-refractivity contribution is -0.120. The van der Waals surface area contributed by atoms with Crippen LogP contribution in [0.15, 0.2) is 30.3 Å². The highest BCUT2D eigenvalue weighted by atomic mass is 16.2. The van der Waals surface area contributed by atoms with Gasteiger partial charge in [0.1, 0.15) is 11.7 Å². The first-order valence-corrected chi connectivity index (χ1v) is 11.0. The number of unbranched alkanes of at least 4 members (excludes halogenated alkanes) is 1. The fraction of sp³-hybridized carbons (Fsp3) is 0.480. The zero-order valence-electron chi connectivity index (χ0n) is 19.2. The number of nitrogens with one attached hydrogen (secondary N) is 2. The smallest absolute Gasteiger partial charge is 0.268 e. The first-order valence-electron chi connectivity index (χ1n) is 11.0. The van der Waals surface area contributed by atoms with Gasteiger partial charge in [0.25, 0.3) is 5.91 Å². The SMILES string of the molecule is CCCCC(NC(=O)c1[nH]c2c(c1C)C(=O)CC(C)(C)C2)C(=O)N(C)c1ccccc1. The fourth-order valence-corrected chi connectivity index (χ4v) is 4.37. The van der Waals surface area contributed by atoms with E-state index in [4.69, 9.17) is 0 Å². The van der Waals surface area contributed by atoms with Crippen molar-refractivity contribution in [2.75, 3.05) is 11.9 Å². The lowest BCUT2D eigenvalue weighted by atomic mass is 9.75. The molecule has 0 radical (unpaired) electrons. The normalized spacial score (nSPS) is 15.8. The Balaban J connectivity index is 1.83. The van der Waals surface area contributed by atoms with Crippen molar-refractivity contribution in [2.24, 2.45) is 5.41 Å². The molecule has 6 nitrogen and oxygen atoms in total. The number of Topliss-reactive ketones (excluding diaryl/α,β-unsaturated/α-hetero) is 1. The standard InChI is InChI=1S/C25H33N3O3/c1-6-7-13-18(24(31)28(5)17-11-9-8-10-12-17)27-23(30)22-16(2)21-19(26-22)14-25(3,4)15-20(21)29/h8-12,18,26H,6-7,13-15H2,1-5H3,(H,27,30). The average Bonchev–Trinajstić information content (AvgIpc) is 3.05. The molecule has 166 valence electrons. The second kappa shape index (κ2) is 9.08. The van der Waals surface area contributed by atoms with Gasteiger partial charge in [-0.25, -0.2) is 0 Å². The number of aromatic nitrogens is 1. The van der Waals surface area contributed by atoms with E-state index in [-0.39, 0.29) is 23.0 Å². The minimum Gasteiger partial charge on any atom is -0.354 e. The predicted molar refractivity (Wildman–Crippen MR) is 123 cm³/mol. The van der Waals surface area contributed by atoms with Gasteiger partial charge in [-0.1, -0.05) is 51.8 Å². The largest absolute Gasteiger partial charge is 0.354 e. The van der Waals surface area contributed by atoms with Gasteiger partial charge in [-0.3, -0.25) is 14.4 Å². The Labute approximate surface area is 184 Å². The summed E-state index contributed by atoms with van der Waals surface area (Å²) in [5.41, 5.74) is 3.16. The molecule has 1 heterocycles. The number of H-pyrrole nitrogens is 1. The Kier molecular flexibility index (Phi) is 6.68. The highest BCUT2D eigenvalue weighted by Gasteiger charge is 2.36. The summed E-state index contributed by atoms with van der Waals surface area (Å²) in [6.07, 6.45) is 3.50. The Morgan fingerprint density at radius 2 is 1.87 bits per heavy atom. The molecule has 0 spiro atoms. The van der Waals surface area contributed by atoms with Gasteiger partial charge in [-0.15, -0.1) is 0 Å². The number of nitrogens with zero attached hydrogens (tertiary/aromatic N) is 1. The van der Waals surface area contributed by atoms with Crippen molar-refractivity contribution in [1.82, 2.24) is 10.3 Å². The minimum absolute atomic E-state index is 0.0708. The topological polar surface area (TPSA) is 82.3 Å². The molecular weight excluding hydrogens is 390 g/mol. The molecular formula is C25H33N3O3. The van der Waals surface area contributed by atoms with Gasteiger partial charge in [-0.2, -0.15) is 0 Å². The maximum absolute atomic E-state index is 13.2. The lowest BCUT2D eigenvalue weighted by Gasteiger charge is -2.28. The van der Waals surface area contributed by atoms with Crippen LogP contribution < -0.4 is 10.2 Å². The summed E-state index contributed by atoms with van der Waals surface area (Å²) >= 11 is 0. The molecule has 0 saturated carbocycles. The number of para-hydroxylation sites is 1. The minimum atomic E-state index is -0.635. The number of aromatic amines is 1. The highest BCUT2D eigenvalue weighted by Crippen LogP contribution is 2.36. The maximum Gasteiger partial charge on any atom is 0.268 e. The molecule has 1 unspecified atom stereocenters. The lowest BCUT2D eigenvalue weighted by Crippen LogP contribution is -2.47. The average molecular weight is 424 g/mol. The first-order chi connectivity index (χ1) is 14.6. The molecule has 2 aromatic rings. The van der Waals surface area contributed by atoms with Gasteiger partial charge >= 0.3 is 0 Å². The van der Waals surface area contributed by atoms with Crippen LogP contribution in [0.25, 0.3) is 0 Å². The molecule has 0 bridgehead atoms. The van der Waals surface area contributed by atoms with Gasteiger partial charge in [0.15, 0.2) is 5.78 Å². The maximum atomic E-state index is 13.2. The Hall–Kier alpha value is -2.89. The zero-order valence-corrected chi connectivity index (χ0v) is 19.2. The van der Waals surface area contributed by atoms with Crippen LogP contribution in [0.4, 0.5) is 5.69 Å². The third-order valence-corrected chi connectivity index (χ3v) is 6.05. The van der Waals surface area contributed by atoms with Crippen LogP contribution in [-0.4, -0.2) is 35.7 Å². The van der Waals surface area contributed by atoms with E-state index in [0.29, 0.717) is 29.7 Å². The molecule has 31 heavy (non-hydrogen) atoms. The molecule has 1 aliphatic rings. The summed E-state index contributed by atoms with van der Waals surface area (Å²) in [4.78, 5) is 43.8. The number of hydrogen-bond donors (Lipinski definition) is 2. The van der Waals surface area contributed by atoms with E-state index in [2.05, 4.69) is 31.1 Å². The molecule has 0 saturated heterocycles. The van der Waals surface area contributed by atoms with Crippen LogP contribution in [0.5, 0.6) is 0 Å². The molecule has 0 fully saturated rings. The second-order valence-corrected chi connectivity index (χ2v) is 9.32. The molecule has 3 rings (SSSR count). The summed E-state index contributed by atoms with van der Waals surface area (Å²) < 4.78 is 0. The van der Waals surface area contributed by atoms with Crippen LogP contribution in [0, 0.1) is 12.3 Å². The Morgan fingerprint density at radius 3 is 2.52 bits per heavy atom. The molecule has 2 amide bonds. The van der Waals surface area contributed by atoms with Gasteiger partial charge in [0.2, 0.25) is 5.91 Å². The van der Waals surface area contributed by atoms with E-state index in [0.717, 1.165) is 30.6 Å². The summed E-state index contributed by atoms with van der Waals surface area (Å²) in [5.74, 6) is -0.422.